The van der Waals surface area contributed by atoms with Crippen molar-refractivity contribution in [2.45, 2.75) is 37.8 Å². The van der Waals surface area contributed by atoms with Crippen LogP contribution in [0.4, 0.5) is 5.82 Å². The van der Waals surface area contributed by atoms with E-state index in [1.54, 1.807) is 17.0 Å². The van der Waals surface area contributed by atoms with Crippen molar-refractivity contribution in [3.63, 3.8) is 0 Å². The van der Waals surface area contributed by atoms with Gasteiger partial charge in [-0.25, -0.2) is 4.98 Å². The summed E-state index contributed by atoms with van der Waals surface area (Å²) in [5.41, 5.74) is 0.0198. The lowest BCUT2D eigenvalue weighted by molar-refractivity contribution is 0.145. The van der Waals surface area contributed by atoms with Gasteiger partial charge in [0, 0.05) is 31.5 Å². The molecule has 1 saturated carbocycles. The Hall–Kier alpha value is -1.36. The number of aromatic nitrogens is 2. The Morgan fingerprint density at radius 3 is 2.59 bits per heavy atom. The Morgan fingerprint density at radius 2 is 1.94 bits per heavy atom. The van der Waals surface area contributed by atoms with Crippen LogP contribution >= 0.6 is 0 Å². The molecule has 0 atom stereocenters. The van der Waals surface area contributed by atoms with Crippen LogP contribution in [0.1, 0.15) is 31.7 Å². The van der Waals surface area contributed by atoms with Crippen molar-refractivity contribution in [1.82, 2.24) is 9.55 Å². The van der Waals surface area contributed by atoms with E-state index in [1.165, 1.54) is 0 Å². The van der Waals surface area contributed by atoms with E-state index in [4.69, 9.17) is 0 Å². The van der Waals surface area contributed by atoms with Gasteiger partial charge in [-0.15, -0.1) is 0 Å². The molecule has 0 radical (unpaired) electrons. The molecule has 0 unspecified atom stereocenters. The van der Waals surface area contributed by atoms with Gasteiger partial charge in [0.15, 0.2) is 5.82 Å². The molecule has 1 saturated heterocycles. The van der Waals surface area contributed by atoms with E-state index >= 15 is 0 Å². The summed E-state index contributed by atoms with van der Waals surface area (Å²) in [5.74, 6) is 0.548. The van der Waals surface area contributed by atoms with Crippen molar-refractivity contribution in [3.8, 4) is 0 Å². The zero-order valence-electron chi connectivity index (χ0n) is 9.75. The molecule has 1 aromatic rings. The molecule has 1 aromatic heterocycles. The summed E-state index contributed by atoms with van der Waals surface area (Å²) in [4.78, 5) is 18.4. The first-order valence-electron chi connectivity index (χ1n) is 6.26. The van der Waals surface area contributed by atoms with E-state index in [2.05, 4.69) is 4.98 Å². The van der Waals surface area contributed by atoms with Crippen molar-refractivity contribution in [2.24, 2.45) is 0 Å². The van der Waals surface area contributed by atoms with Gasteiger partial charge in [-0.1, -0.05) is 0 Å². The van der Waals surface area contributed by atoms with Gasteiger partial charge in [0.25, 0.3) is 5.56 Å². The normalized spacial score (nSPS) is 21.8. The Kier molecular flexibility index (Phi) is 2.63. The summed E-state index contributed by atoms with van der Waals surface area (Å²) in [7, 11) is 0. The fourth-order valence-corrected chi connectivity index (χ4v) is 2.35. The maximum atomic E-state index is 12.2. The molecule has 17 heavy (non-hydrogen) atoms. The first kappa shape index (κ1) is 10.8. The molecule has 92 valence electrons. The molecule has 0 amide bonds. The smallest absolute Gasteiger partial charge is 0.293 e. The fourth-order valence-electron chi connectivity index (χ4n) is 2.35. The largest absolute Gasteiger partial charge is 0.393 e. The first-order chi connectivity index (χ1) is 8.25. The van der Waals surface area contributed by atoms with Crippen LogP contribution in [0.3, 0.4) is 0 Å². The number of nitrogens with zero attached hydrogens (tertiary/aromatic N) is 3. The molecular weight excluding hydrogens is 218 g/mol. The highest BCUT2D eigenvalue weighted by molar-refractivity contribution is 5.36. The lowest BCUT2D eigenvalue weighted by Crippen LogP contribution is -2.40. The highest BCUT2D eigenvalue weighted by Crippen LogP contribution is 2.33. The van der Waals surface area contributed by atoms with Crippen molar-refractivity contribution >= 4 is 5.82 Å². The minimum Gasteiger partial charge on any atom is -0.393 e. The lowest BCUT2D eigenvalue weighted by Gasteiger charge is -2.30. The maximum Gasteiger partial charge on any atom is 0.293 e. The number of hydrogen-bond acceptors (Lipinski definition) is 4. The lowest BCUT2D eigenvalue weighted by atomic mass is 10.1. The number of hydrogen-bond donors (Lipinski definition) is 1. The van der Waals surface area contributed by atoms with Gasteiger partial charge in [0.05, 0.1) is 6.10 Å². The van der Waals surface area contributed by atoms with Crippen molar-refractivity contribution < 1.29 is 5.11 Å². The molecule has 1 N–H and O–H groups in total. The van der Waals surface area contributed by atoms with E-state index in [9.17, 15) is 9.90 Å². The van der Waals surface area contributed by atoms with E-state index in [1.807, 2.05) is 4.90 Å². The predicted molar refractivity (Wildman–Crippen MR) is 64.2 cm³/mol. The van der Waals surface area contributed by atoms with Crippen LogP contribution in [0.25, 0.3) is 0 Å². The monoisotopic (exact) mass is 235 g/mol. The van der Waals surface area contributed by atoms with Crippen LogP contribution < -0.4 is 10.5 Å². The van der Waals surface area contributed by atoms with Crippen LogP contribution in [-0.4, -0.2) is 33.9 Å². The summed E-state index contributed by atoms with van der Waals surface area (Å²) < 4.78 is 1.80. The topological polar surface area (TPSA) is 58.4 Å². The Bertz CT molecular complexity index is 459. The van der Waals surface area contributed by atoms with Gasteiger partial charge in [-0.05, 0) is 25.7 Å². The number of rotatable bonds is 2. The predicted octanol–water partition coefficient (Wildman–Crippen LogP) is 0.539. The van der Waals surface area contributed by atoms with Crippen molar-refractivity contribution in [2.75, 3.05) is 18.0 Å². The molecule has 1 aliphatic heterocycles. The zero-order valence-corrected chi connectivity index (χ0v) is 9.75. The van der Waals surface area contributed by atoms with E-state index in [0.29, 0.717) is 11.9 Å². The van der Waals surface area contributed by atoms with Gasteiger partial charge in [0.2, 0.25) is 0 Å². The summed E-state index contributed by atoms with van der Waals surface area (Å²) in [6, 6.07) is 0.389. The Morgan fingerprint density at radius 1 is 1.24 bits per heavy atom. The van der Waals surface area contributed by atoms with Gasteiger partial charge in [-0.3, -0.25) is 4.79 Å². The second-order valence-electron chi connectivity index (χ2n) is 4.91. The van der Waals surface area contributed by atoms with Crippen molar-refractivity contribution in [1.29, 1.82) is 0 Å². The molecule has 2 fully saturated rings. The number of aliphatic hydroxyl groups excluding tert-OH is 1. The second-order valence-corrected chi connectivity index (χ2v) is 4.91. The van der Waals surface area contributed by atoms with E-state index in [0.717, 1.165) is 38.8 Å². The standard InChI is InChI=1S/C12H17N3O2/c16-10-3-6-14(7-4-10)11-12(17)15(8-5-13-11)9-1-2-9/h5,8-10,16H,1-4,6-7H2. The van der Waals surface area contributed by atoms with Crippen molar-refractivity contribution in [3.05, 3.63) is 22.7 Å². The minimum atomic E-state index is -0.222. The van der Waals surface area contributed by atoms with Crippen LogP contribution in [0.5, 0.6) is 0 Å². The second kappa shape index (κ2) is 4.14. The van der Waals surface area contributed by atoms with Crippen LogP contribution in [0.15, 0.2) is 17.2 Å². The number of piperidine rings is 1. The molecule has 0 aromatic carbocycles. The summed E-state index contributed by atoms with van der Waals surface area (Å²) in [5, 5.41) is 9.47. The number of anilines is 1. The highest BCUT2D eigenvalue weighted by Gasteiger charge is 2.27. The van der Waals surface area contributed by atoms with Crippen LogP contribution in [-0.2, 0) is 0 Å². The maximum absolute atomic E-state index is 12.2. The molecular formula is C12H17N3O2. The molecule has 0 bridgehead atoms. The third kappa shape index (κ3) is 2.07. The Balaban J connectivity index is 1.87. The number of aliphatic hydroxyl groups is 1. The van der Waals surface area contributed by atoms with Gasteiger partial charge in [-0.2, -0.15) is 0 Å². The molecule has 2 heterocycles. The third-order valence-electron chi connectivity index (χ3n) is 3.55. The van der Waals surface area contributed by atoms with Gasteiger partial charge < -0.3 is 14.6 Å². The molecule has 5 heteroatoms. The molecule has 1 aliphatic carbocycles. The molecule has 3 rings (SSSR count). The van der Waals surface area contributed by atoms with E-state index in [-0.39, 0.29) is 11.7 Å². The van der Waals surface area contributed by atoms with Gasteiger partial charge >= 0.3 is 0 Å². The summed E-state index contributed by atoms with van der Waals surface area (Å²) in [6.07, 6.45) is 6.91. The molecule has 2 aliphatic rings. The van der Waals surface area contributed by atoms with E-state index < -0.39 is 0 Å². The third-order valence-corrected chi connectivity index (χ3v) is 3.55. The highest BCUT2D eigenvalue weighted by atomic mass is 16.3. The van der Waals surface area contributed by atoms with Gasteiger partial charge in [0.1, 0.15) is 0 Å². The summed E-state index contributed by atoms with van der Waals surface area (Å²) >= 11 is 0. The molecule has 5 nitrogen and oxygen atoms in total. The van der Waals surface area contributed by atoms with Crippen LogP contribution in [0.2, 0.25) is 0 Å². The quantitative estimate of drug-likeness (QED) is 0.812. The summed E-state index contributed by atoms with van der Waals surface area (Å²) in [6.45, 7) is 1.44. The molecule has 0 spiro atoms. The average Bonchev–Trinajstić information content (AvgIpc) is 3.15. The Labute approximate surface area is 99.7 Å². The average molecular weight is 235 g/mol. The first-order valence-corrected chi connectivity index (χ1v) is 6.26. The van der Waals surface area contributed by atoms with Crippen LogP contribution in [0, 0.1) is 0 Å². The minimum absolute atomic E-state index is 0.0198. The fraction of sp³-hybridized carbons (Fsp3) is 0.667. The zero-order chi connectivity index (χ0) is 11.8. The SMILES string of the molecule is O=c1c(N2CCC(O)CC2)nccn1C1CC1.